The summed E-state index contributed by atoms with van der Waals surface area (Å²) in [6.07, 6.45) is 3.60. The second kappa shape index (κ2) is 7.91. The average Bonchev–Trinajstić information content (AvgIpc) is 3.36. The fraction of sp³-hybridized carbons (Fsp3) is 0.211. The molecule has 28 heavy (non-hydrogen) atoms. The second-order valence-corrected chi connectivity index (χ2v) is 8.34. The van der Waals surface area contributed by atoms with Crippen molar-refractivity contribution in [2.24, 2.45) is 0 Å². The molecule has 9 heteroatoms. The molecule has 0 aliphatic heterocycles. The van der Waals surface area contributed by atoms with Gasteiger partial charge in [-0.1, -0.05) is 41.6 Å². The number of fused-ring (bicyclic) bond motifs is 1. The highest BCUT2D eigenvalue weighted by Crippen LogP contribution is 2.12. The summed E-state index contributed by atoms with van der Waals surface area (Å²) in [7, 11) is -3.46. The number of nitrogens with zero attached hydrogens (tertiary/aromatic N) is 5. The van der Waals surface area contributed by atoms with Gasteiger partial charge in [0.05, 0.1) is 24.4 Å². The number of aromatic nitrogens is 5. The Morgan fingerprint density at radius 1 is 0.964 bits per heavy atom. The Morgan fingerprint density at radius 2 is 1.75 bits per heavy atom. The molecule has 0 saturated heterocycles. The summed E-state index contributed by atoms with van der Waals surface area (Å²) in [5, 5.41) is 12.3. The largest absolute Gasteiger partial charge is 0.268 e. The second-order valence-electron chi connectivity index (χ2n) is 6.41. The van der Waals surface area contributed by atoms with Gasteiger partial charge in [0.15, 0.2) is 0 Å². The summed E-state index contributed by atoms with van der Waals surface area (Å²) in [6, 6.07) is 17.1. The average molecular weight is 396 g/mol. The van der Waals surface area contributed by atoms with Gasteiger partial charge in [0.2, 0.25) is 10.0 Å². The third kappa shape index (κ3) is 4.26. The zero-order chi connectivity index (χ0) is 19.4. The maximum absolute atomic E-state index is 12.5. The molecule has 2 aromatic carbocycles. The first-order chi connectivity index (χ1) is 13.6. The molecule has 0 spiro atoms. The number of rotatable bonds is 8. The van der Waals surface area contributed by atoms with Crippen LogP contribution in [0.2, 0.25) is 0 Å². The number of benzene rings is 2. The number of aryl methyl sites for hydroxylation is 1. The molecular weight excluding hydrogens is 376 g/mol. The topological polar surface area (TPSA) is 94.7 Å². The van der Waals surface area contributed by atoms with Gasteiger partial charge in [0.1, 0.15) is 5.52 Å². The molecule has 0 amide bonds. The van der Waals surface area contributed by atoms with Crippen molar-refractivity contribution in [1.29, 1.82) is 0 Å². The molecule has 0 fully saturated rings. The smallest absolute Gasteiger partial charge is 0.213 e. The minimum atomic E-state index is -3.46. The van der Waals surface area contributed by atoms with Crippen LogP contribution in [0.5, 0.6) is 0 Å². The molecule has 0 bridgehead atoms. The van der Waals surface area contributed by atoms with Crippen molar-refractivity contribution in [3.05, 3.63) is 78.1 Å². The molecule has 4 rings (SSSR count). The van der Waals surface area contributed by atoms with Gasteiger partial charge < -0.3 is 0 Å². The minimum Gasteiger partial charge on any atom is -0.268 e. The summed E-state index contributed by atoms with van der Waals surface area (Å²) < 4.78 is 31.1. The minimum absolute atomic E-state index is 0.0678. The highest BCUT2D eigenvalue weighted by molar-refractivity contribution is 7.89. The van der Waals surface area contributed by atoms with E-state index in [1.54, 1.807) is 10.9 Å². The Balaban J connectivity index is 1.40. The third-order valence-corrected chi connectivity index (χ3v) is 5.79. The quantitative estimate of drug-likeness (QED) is 0.490. The monoisotopic (exact) mass is 396 g/mol. The molecule has 0 unspecified atom stereocenters. The normalized spacial score (nSPS) is 11.9. The van der Waals surface area contributed by atoms with E-state index >= 15 is 0 Å². The van der Waals surface area contributed by atoms with Gasteiger partial charge in [0, 0.05) is 18.9 Å². The lowest BCUT2D eigenvalue weighted by atomic mass is 10.1. The van der Waals surface area contributed by atoms with Crippen molar-refractivity contribution >= 4 is 21.1 Å². The summed E-state index contributed by atoms with van der Waals surface area (Å²) in [5.74, 6) is -0.0678. The first-order valence-corrected chi connectivity index (χ1v) is 10.6. The van der Waals surface area contributed by atoms with Crippen LogP contribution < -0.4 is 4.72 Å². The number of nitrogens with one attached hydrogen (secondary N) is 1. The predicted octanol–water partition coefficient (Wildman–Crippen LogP) is 1.80. The summed E-state index contributed by atoms with van der Waals surface area (Å²) in [5.41, 5.74) is 3.52. The van der Waals surface area contributed by atoms with Crippen LogP contribution in [0.15, 0.2) is 67.0 Å². The first-order valence-electron chi connectivity index (χ1n) is 8.90. The van der Waals surface area contributed by atoms with Gasteiger partial charge in [-0.05, 0) is 29.3 Å². The van der Waals surface area contributed by atoms with Crippen molar-refractivity contribution in [3.8, 4) is 0 Å². The Hall–Kier alpha value is -3.04. The van der Waals surface area contributed by atoms with Gasteiger partial charge in [0.25, 0.3) is 0 Å². The van der Waals surface area contributed by atoms with Crippen molar-refractivity contribution in [2.75, 3.05) is 5.75 Å². The van der Waals surface area contributed by atoms with Gasteiger partial charge in [-0.25, -0.2) is 17.8 Å². The van der Waals surface area contributed by atoms with Gasteiger partial charge in [-0.2, -0.15) is 5.10 Å². The fourth-order valence-electron chi connectivity index (χ4n) is 3.00. The molecule has 1 N–H and O–H groups in total. The standard InChI is InChI=1S/C19H20N6O2S/c26-28(27,13-12-25-19-9-4-3-8-18(19)22-23-25)21-14-16-6-1-2-7-17(16)15-24-11-5-10-20-24/h1-11,21H,12-15H2. The molecule has 4 aromatic rings. The summed E-state index contributed by atoms with van der Waals surface area (Å²) in [6.45, 7) is 1.07. The Morgan fingerprint density at radius 3 is 2.57 bits per heavy atom. The SMILES string of the molecule is O=S(=O)(CCn1nnc2ccccc21)NCc1ccccc1Cn1cccn1. The zero-order valence-electron chi connectivity index (χ0n) is 15.1. The molecular formula is C19H20N6O2S. The van der Waals surface area contributed by atoms with Crippen LogP contribution in [0.3, 0.4) is 0 Å². The van der Waals surface area contributed by atoms with Gasteiger partial charge >= 0.3 is 0 Å². The molecule has 0 atom stereocenters. The van der Waals surface area contributed by atoms with Crippen molar-refractivity contribution in [1.82, 2.24) is 29.5 Å². The third-order valence-electron chi connectivity index (χ3n) is 4.48. The van der Waals surface area contributed by atoms with E-state index in [9.17, 15) is 8.42 Å². The number of hydrogen-bond donors (Lipinski definition) is 1. The van der Waals surface area contributed by atoms with E-state index < -0.39 is 10.0 Å². The lowest BCUT2D eigenvalue weighted by Crippen LogP contribution is -2.28. The number of hydrogen-bond acceptors (Lipinski definition) is 5. The van der Waals surface area contributed by atoms with Crippen LogP contribution in [0, 0.1) is 0 Å². The van der Waals surface area contributed by atoms with E-state index in [1.807, 2.05) is 65.5 Å². The van der Waals surface area contributed by atoms with E-state index in [2.05, 4.69) is 20.1 Å². The molecule has 8 nitrogen and oxygen atoms in total. The van der Waals surface area contributed by atoms with E-state index in [1.165, 1.54) is 0 Å². The molecule has 0 aliphatic carbocycles. The fourth-order valence-corrected chi connectivity index (χ4v) is 3.93. The molecule has 2 aromatic heterocycles. The molecule has 0 saturated carbocycles. The van der Waals surface area contributed by atoms with Crippen LogP contribution in [0.25, 0.3) is 11.0 Å². The van der Waals surface area contributed by atoms with E-state index in [0.29, 0.717) is 6.54 Å². The Labute approximate surface area is 162 Å². The van der Waals surface area contributed by atoms with E-state index in [-0.39, 0.29) is 18.8 Å². The first kappa shape index (κ1) is 18.3. The number of para-hydroxylation sites is 1. The van der Waals surface area contributed by atoms with Crippen LogP contribution in [0.1, 0.15) is 11.1 Å². The maximum atomic E-state index is 12.5. The summed E-state index contributed by atoms with van der Waals surface area (Å²) in [4.78, 5) is 0. The zero-order valence-corrected chi connectivity index (χ0v) is 16.0. The van der Waals surface area contributed by atoms with Crippen LogP contribution in [0.4, 0.5) is 0 Å². The lowest BCUT2D eigenvalue weighted by molar-refractivity contribution is 0.566. The van der Waals surface area contributed by atoms with Crippen LogP contribution in [-0.2, 0) is 29.7 Å². The van der Waals surface area contributed by atoms with Crippen LogP contribution in [-0.4, -0.2) is 38.9 Å². The van der Waals surface area contributed by atoms with Crippen molar-refractivity contribution in [3.63, 3.8) is 0 Å². The molecule has 0 aliphatic rings. The van der Waals surface area contributed by atoms with Crippen molar-refractivity contribution in [2.45, 2.75) is 19.6 Å². The molecule has 2 heterocycles. The predicted molar refractivity (Wildman–Crippen MR) is 106 cm³/mol. The van der Waals surface area contributed by atoms with Crippen molar-refractivity contribution < 1.29 is 8.42 Å². The lowest BCUT2D eigenvalue weighted by Gasteiger charge is -2.11. The van der Waals surface area contributed by atoms with Gasteiger partial charge in [-0.3, -0.25) is 4.68 Å². The Bertz CT molecular complexity index is 1170. The molecule has 144 valence electrons. The van der Waals surface area contributed by atoms with E-state index in [4.69, 9.17) is 0 Å². The van der Waals surface area contributed by atoms with Gasteiger partial charge in [-0.15, -0.1) is 5.10 Å². The summed E-state index contributed by atoms with van der Waals surface area (Å²) >= 11 is 0. The maximum Gasteiger partial charge on any atom is 0.213 e. The Kier molecular flexibility index (Phi) is 5.18. The highest BCUT2D eigenvalue weighted by Gasteiger charge is 2.13. The van der Waals surface area contributed by atoms with E-state index in [0.717, 1.165) is 22.2 Å². The highest BCUT2D eigenvalue weighted by atomic mass is 32.2. The molecule has 0 radical (unpaired) electrons. The number of sulfonamides is 1. The van der Waals surface area contributed by atoms with Crippen LogP contribution >= 0.6 is 0 Å².